The SMILES string of the molecule is CC(C)C[C@H](C(=O)N[C@@H](Cc1ccc(OCc2ccccc2)cc1)C(=O)NC(C)(C)C)N(C)C. The highest BCUT2D eigenvalue weighted by Gasteiger charge is 2.29. The lowest BCUT2D eigenvalue weighted by atomic mass is 9.99. The maximum absolute atomic E-state index is 13.1. The minimum atomic E-state index is -0.669. The van der Waals surface area contributed by atoms with E-state index in [4.69, 9.17) is 4.74 Å². The van der Waals surface area contributed by atoms with Gasteiger partial charge < -0.3 is 15.4 Å². The molecule has 0 aliphatic heterocycles. The zero-order chi connectivity index (χ0) is 25.3. The molecule has 6 heteroatoms. The third-order valence-electron chi connectivity index (χ3n) is 5.36. The number of likely N-dealkylation sites (N-methyl/N-ethyl adjacent to an activating group) is 1. The molecule has 186 valence electrons. The molecule has 0 fully saturated rings. The normalized spacial score (nSPS) is 13.4. The molecule has 0 heterocycles. The predicted octanol–water partition coefficient (Wildman–Crippen LogP) is 4.18. The minimum Gasteiger partial charge on any atom is -0.489 e. The lowest BCUT2D eigenvalue weighted by molar-refractivity contribution is -0.132. The van der Waals surface area contributed by atoms with Gasteiger partial charge in [-0.1, -0.05) is 56.3 Å². The lowest BCUT2D eigenvalue weighted by Crippen LogP contribution is -2.56. The summed E-state index contributed by atoms with van der Waals surface area (Å²) in [5, 5.41) is 6.02. The Morgan fingerprint density at radius 3 is 2.06 bits per heavy atom. The number of nitrogens with one attached hydrogen (secondary N) is 2. The molecule has 0 aliphatic carbocycles. The van der Waals surface area contributed by atoms with Crippen LogP contribution in [0.25, 0.3) is 0 Å². The van der Waals surface area contributed by atoms with E-state index in [2.05, 4.69) is 24.5 Å². The van der Waals surface area contributed by atoms with Crippen LogP contribution >= 0.6 is 0 Å². The van der Waals surface area contributed by atoms with Crippen molar-refractivity contribution in [2.75, 3.05) is 14.1 Å². The maximum atomic E-state index is 13.1. The largest absolute Gasteiger partial charge is 0.489 e. The molecule has 6 nitrogen and oxygen atoms in total. The molecular formula is C28H41N3O3. The molecule has 0 unspecified atom stereocenters. The van der Waals surface area contributed by atoms with Crippen LogP contribution in [0.15, 0.2) is 54.6 Å². The molecule has 0 spiro atoms. The average molecular weight is 468 g/mol. The summed E-state index contributed by atoms with van der Waals surface area (Å²) < 4.78 is 5.87. The van der Waals surface area contributed by atoms with Gasteiger partial charge in [-0.05, 0) is 70.5 Å². The van der Waals surface area contributed by atoms with Crippen LogP contribution in [0.1, 0.15) is 52.2 Å². The third kappa shape index (κ3) is 9.56. The van der Waals surface area contributed by atoms with Gasteiger partial charge in [-0.15, -0.1) is 0 Å². The molecule has 0 saturated carbocycles. The molecule has 2 aromatic rings. The molecular weight excluding hydrogens is 426 g/mol. The van der Waals surface area contributed by atoms with Crippen molar-refractivity contribution in [2.24, 2.45) is 5.92 Å². The maximum Gasteiger partial charge on any atom is 0.243 e. The Balaban J connectivity index is 2.11. The Labute approximate surface area is 205 Å². The van der Waals surface area contributed by atoms with Crippen molar-refractivity contribution in [3.63, 3.8) is 0 Å². The van der Waals surface area contributed by atoms with E-state index in [9.17, 15) is 9.59 Å². The fraction of sp³-hybridized carbons (Fsp3) is 0.500. The predicted molar refractivity (Wildman–Crippen MR) is 138 cm³/mol. The molecule has 0 radical (unpaired) electrons. The Morgan fingerprint density at radius 1 is 0.912 bits per heavy atom. The van der Waals surface area contributed by atoms with Crippen molar-refractivity contribution >= 4 is 11.8 Å². The highest BCUT2D eigenvalue weighted by molar-refractivity contribution is 5.90. The minimum absolute atomic E-state index is 0.129. The Bertz CT molecular complexity index is 903. The molecule has 34 heavy (non-hydrogen) atoms. The molecule has 2 atom stereocenters. The van der Waals surface area contributed by atoms with E-state index in [1.165, 1.54) is 0 Å². The molecule has 2 amide bonds. The fourth-order valence-electron chi connectivity index (χ4n) is 3.63. The number of carbonyl (C=O) groups excluding carboxylic acids is 2. The number of nitrogens with zero attached hydrogens (tertiary/aromatic N) is 1. The standard InChI is InChI=1S/C28H41N3O3/c1-20(2)17-25(31(6)7)27(33)29-24(26(32)30-28(3,4)5)18-21-13-15-23(16-14-21)34-19-22-11-9-8-10-12-22/h8-16,20,24-25H,17-19H2,1-7H3,(H,29,33)(H,30,32)/t24-,25+/m0/s1. The van der Waals surface area contributed by atoms with Gasteiger partial charge in [-0.3, -0.25) is 14.5 Å². The van der Waals surface area contributed by atoms with Gasteiger partial charge in [0.1, 0.15) is 18.4 Å². The van der Waals surface area contributed by atoms with Crippen LogP contribution < -0.4 is 15.4 Å². The van der Waals surface area contributed by atoms with Crippen molar-refractivity contribution in [1.82, 2.24) is 15.5 Å². The second-order valence-electron chi connectivity index (χ2n) is 10.5. The van der Waals surface area contributed by atoms with Crippen LogP contribution in [0.2, 0.25) is 0 Å². The van der Waals surface area contributed by atoms with Crippen LogP contribution in [0.3, 0.4) is 0 Å². The van der Waals surface area contributed by atoms with Gasteiger partial charge >= 0.3 is 0 Å². The first-order valence-electron chi connectivity index (χ1n) is 12.0. The number of benzene rings is 2. The van der Waals surface area contributed by atoms with Gasteiger partial charge in [0.05, 0.1) is 6.04 Å². The zero-order valence-corrected chi connectivity index (χ0v) is 21.7. The van der Waals surface area contributed by atoms with Crippen LogP contribution in [-0.2, 0) is 22.6 Å². The van der Waals surface area contributed by atoms with Crippen LogP contribution in [0.4, 0.5) is 0 Å². The van der Waals surface area contributed by atoms with E-state index >= 15 is 0 Å². The highest BCUT2D eigenvalue weighted by Crippen LogP contribution is 2.16. The van der Waals surface area contributed by atoms with Crippen LogP contribution in [0, 0.1) is 5.92 Å². The molecule has 0 aliphatic rings. The van der Waals surface area contributed by atoms with Crippen molar-refractivity contribution < 1.29 is 14.3 Å². The van der Waals surface area contributed by atoms with Gasteiger partial charge in [0.15, 0.2) is 0 Å². The lowest BCUT2D eigenvalue weighted by Gasteiger charge is -2.29. The second kappa shape index (κ2) is 12.6. The highest BCUT2D eigenvalue weighted by atomic mass is 16.5. The number of ether oxygens (including phenoxy) is 1. The fourth-order valence-corrected chi connectivity index (χ4v) is 3.63. The molecule has 2 rings (SSSR count). The summed E-state index contributed by atoms with van der Waals surface area (Å²) in [5.74, 6) is 0.809. The second-order valence-corrected chi connectivity index (χ2v) is 10.5. The quantitative estimate of drug-likeness (QED) is 0.520. The van der Waals surface area contributed by atoms with E-state index in [0.717, 1.165) is 23.3 Å². The monoisotopic (exact) mass is 467 g/mol. The first-order valence-corrected chi connectivity index (χ1v) is 12.0. The summed E-state index contributed by atoms with van der Waals surface area (Å²) in [7, 11) is 3.79. The summed E-state index contributed by atoms with van der Waals surface area (Å²) in [4.78, 5) is 28.1. The van der Waals surface area contributed by atoms with Gasteiger partial charge in [-0.2, -0.15) is 0 Å². The topological polar surface area (TPSA) is 70.7 Å². The van der Waals surface area contributed by atoms with Crippen LogP contribution in [0.5, 0.6) is 5.75 Å². The Hall–Kier alpha value is -2.86. The number of amides is 2. The summed E-state index contributed by atoms with van der Waals surface area (Å²) in [5.41, 5.74) is 1.66. The number of hydrogen-bond acceptors (Lipinski definition) is 4. The van der Waals surface area contributed by atoms with Crippen molar-refractivity contribution in [2.45, 2.75) is 71.7 Å². The van der Waals surface area contributed by atoms with E-state index in [0.29, 0.717) is 18.9 Å². The number of rotatable bonds is 11. The molecule has 0 aromatic heterocycles. The first-order chi connectivity index (χ1) is 15.9. The molecule has 0 bridgehead atoms. The van der Waals surface area contributed by atoms with Gasteiger partial charge in [-0.25, -0.2) is 0 Å². The molecule has 2 N–H and O–H groups in total. The molecule has 2 aromatic carbocycles. The van der Waals surface area contributed by atoms with Crippen LogP contribution in [-0.4, -0.2) is 48.4 Å². The number of carbonyl (C=O) groups is 2. The summed E-state index contributed by atoms with van der Waals surface area (Å²) >= 11 is 0. The summed E-state index contributed by atoms with van der Waals surface area (Å²) in [6.07, 6.45) is 1.12. The van der Waals surface area contributed by atoms with Crippen molar-refractivity contribution in [3.8, 4) is 5.75 Å². The summed E-state index contributed by atoms with van der Waals surface area (Å²) in [6, 6.07) is 16.7. The smallest absolute Gasteiger partial charge is 0.243 e. The zero-order valence-electron chi connectivity index (χ0n) is 21.7. The average Bonchev–Trinajstić information content (AvgIpc) is 2.75. The van der Waals surface area contributed by atoms with Crippen molar-refractivity contribution in [3.05, 3.63) is 65.7 Å². The van der Waals surface area contributed by atoms with Gasteiger partial charge in [0, 0.05) is 12.0 Å². The van der Waals surface area contributed by atoms with Crippen molar-refractivity contribution in [1.29, 1.82) is 0 Å². The Morgan fingerprint density at radius 2 is 1.53 bits per heavy atom. The van der Waals surface area contributed by atoms with E-state index in [1.54, 1.807) is 0 Å². The molecule has 0 saturated heterocycles. The van der Waals surface area contributed by atoms with E-state index in [1.807, 2.05) is 94.4 Å². The Kier molecular flexibility index (Phi) is 10.1. The summed E-state index contributed by atoms with van der Waals surface area (Å²) in [6.45, 7) is 10.5. The first kappa shape index (κ1) is 27.4. The van der Waals surface area contributed by atoms with Gasteiger partial charge in [0.25, 0.3) is 0 Å². The van der Waals surface area contributed by atoms with E-state index in [-0.39, 0.29) is 17.9 Å². The third-order valence-corrected chi connectivity index (χ3v) is 5.36. The van der Waals surface area contributed by atoms with Gasteiger partial charge in [0.2, 0.25) is 11.8 Å². The number of hydrogen-bond donors (Lipinski definition) is 2. The van der Waals surface area contributed by atoms with E-state index < -0.39 is 11.6 Å².